The normalized spacial score (nSPS) is 16.0. The number of aryl methyl sites for hydroxylation is 1. The van der Waals surface area contributed by atoms with Crippen molar-refractivity contribution in [3.05, 3.63) is 41.1 Å². The first-order valence-electron chi connectivity index (χ1n) is 5.23. The minimum atomic E-state index is 0.269. The average Bonchev–Trinajstić information content (AvgIpc) is 2.50. The Morgan fingerprint density at radius 2 is 2.00 bits per heavy atom. The van der Waals surface area contributed by atoms with Gasteiger partial charge in [0.15, 0.2) is 5.78 Å². The second-order valence-corrected chi connectivity index (χ2v) is 4.02. The Hall–Kier alpha value is -1.57. The fourth-order valence-corrected chi connectivity index (χ4v) is 1.84. The number of rotatable bonds is 2. The molecule has 0 fully saturated rings. The molecule has 1 N–H and O–H groups in total. The molecule has 78 valence electrons. The summed E-state index contributed by atoms with van der Waals surface area (Å²) in [5, 5.41) is 3.32. The van der Waals surface area contributed by atoms with Crippen LogP contribution in [0.1, 0.15) is 25.3 Å². The number of ketones is 1. The van der Waals surface area contributed by atoms with Crippen molar-refractivity contribution in [2.75, 3.05) is 5.32 Å². The van der Waals surface area contributed by atoms with Crippen LogP contribution in [-0.4, -0.2) is 5.78 Å². The molecule has 1 aromatic carbocycles. The standard InChI is InChI=1S/C13H15NO/c1-9-4-3-5-11(8-9)14-12-6-7-13(15)10(12)2/h3-5,8,14H,6-7H2,1-2H3. The lowest BCUT2D eigenvalue weighted by Crippen LogP contribution is -1.99. The number of carbonyl (C=O) groups excluding carboxylic acids is 1. The topological polar surface area (TPSA) is 29.1 Å². The molecule has 2 heteroatoms. The summed E-state index contributed by atoms with van der Waals surface area (Å²) >= 11 is 0. The summed E-state index contributed by atoms with van der Waals surface area (Å²) in [7, 11) is 0. The second kappa shape index (κ2) is 3.89. The summed E-state index contributed by atoms with van der Waals surface area (Å²) in [5.41, 5.74) is 4.25. The monoisotopic (exact) mass is 201 g/mol. The molecule has 2 rings (SSSR count). The van der Waals surface area contributed by atoms with Crippen molar-refractivity contribution in [1.29, 1.82) is 0 Å². The molecule has 0 amide bonds. The van der Waals surface area contributed by atoms with Gasteiger partial charge in [0.1, 0.15) is 0 Å². The molecule has 0 radical (unpaired) electrons. The van der Waals surface area contributed by atoms with Crippen molar-refractivity contribution >= 4 is 11.5 Å². The van der Waals surface area contributed by atoms with Gasteiger partial charge in [-0.2, -0.15) is 0 Å². The van der Waals surface area contributed by atoms with E-state index in [0.717, 1.165) is 23.4 Å². The van der Waals surface area contributed by atoms with Gasteiger partial charge < -0.3 is 5.32 Å². The first-order chi connectivity index (χ1) is 7.16. The maximum Gasteiger partial charge on any atom is 0.160 e. The molecule has 1 aliphatic rings. The van der Waals surface area contributed by atoms with E-state index in [0.29, 0.717) is 6.42 Å². The highest BCUT2D eigenvalue weighted by atomic mass is 16.1. The maximum atomic E-state index is 11.3. The van der Waals surface area contributed by atoms with Crippen LogP contribution < -0.4 is 5.32 Å². The summed E-state index contributed by atoms with van der Waals surface area (Å²) in [6.07, 6.45) is 1.50. The predicted molar refractivity (Wildman–Crippen MR) is 61.7 cm³/mol. The molecule has 0 heterocycles. The van der Waals surface area contributed by atoms with Crippen molar-refractivity contribution in [3.8, 4) is 0 Å². The molecular formula is C13H15NO. The third-order valence-corrected chi connectivity index (χ3v) is 2.79. The SMILES string of the molecule is CC1=C(Nc2cccc(C)c2)CCC1=O. The van der Waals surface area contributed by atoms with E-state index in [-0.39, 0.29) is 5.78 Å². The number of allylic oxidation sites excluding steroid dienone is 2. The van der Waals surface area contributed by atoms with Crippen LogP contribution in [0.25, 0.3) is 0 Å². The first kappa shape index (κ1) is 9.97. The van der Waals surface area contributed by atoms with Gasteiger partial charge in [-0.1, -0.05) is 12.1 Å². The Bertz CT molecular complexity index is 432. The van der Waals surface area contributed by atoms with E-state index in [9.17, 15) is 4.79 Å². The zero-order valence-electron chi connectivity index (χ0n) is 9.13. The van der Waals surface area contributed by atoms with Crippen LogP contribution in [0.15, 0.2) is 35.5 Å². The largest absolute Gasteiger partial charge is 0.359 e. The number of anilines is 1. The van der Waals surface area contributed by atoms with Gasteiger partial charge in [-0.05, 0) is 38.0 Å². The van der Waals surface area contributed by atoms with Crippen LogP contribution >= 0.6 is 0 Å². The summed E-state index contributed by atoms with van der Waals surface area (Å²) in [6, 6.07) is 8.19. The number of hydrogen-bond donors (Lipinski definition) is 1. The number of Topliss-reactive ketones (excluding diaryl/α,β-unsaturated/α-hetero) is 1. The van der Waals surface area contributed by atoms with E-state index in [1.54, 1.807) is 0 Å². The van der Waals surface area contributed by atoms with E-state index in [1.165, 1.54) is 5.56 Å². The lowest BCUT2D eigenvalue weighted by atomic mass is 10.2. The summed E-state index contributed by atoms with van der Waals surface area (Å²) in [5.74, 6) is 0.269. The second-order valence-electron chi connectivity index (χ2n) is 4.02. The van der Waals surface area contributed by atoms with Gasteiger partial charge in [0.2, 0.25) is 0 Å². The van der Waals surface area contributed by atoms with Gasteiger partial charge >= 0.3 is 0 Å². The Labute approximate surface area is 90.0 Å². The predicted octanol–water partition coefficient (Wildman–Crippen LogP) is 3.04. The average molecular weight is 201 g/mol. The van der Waals surface area contributed by atoms with Crippen LogP contribution in [-0.2, 0) is 4.79 Å². The van der Waals surface area contributed by atoms with Gasteiger partial charge in [0, 0.05) is 23.4 Å². The van der Waals surface area contributed by atoms with Crippen molar-refractivity contribution < 1.29 is 4.79 Å². The Kier molecular flexibility index (Phi) is 2.58. The number of hydrogen-bond acceptors (Lipinski definition) is 2. The Balaban J connectivity index is 2.19. The molecule has 0 saturated heterocycles. The van der Waals surface area contributed by atoms with Gasteiger partial charge in [-0.25, -0.2) is 0 Å². The Morgan fingerprint density at radius 3 is 2.60 bits per heavy atom. The Morgan fingerprint density at radius 1 is 1.20 bits per heavy atom. The van der Waals surface area contributed by atoms with Gasteiger partial charge in [0.05, 0.1) is 0 Å². The summed E-state index contributed by atoms with van der Waals surface area (Å²) in [6.45, 7) is 3.96. The van der Waals surface area contributed by atoms with Crippen molar-refractivity contribution in [2.24, 2.45) is 0 Å². The number of benzene rings is 1. The molecule has 1 aliphatic carbocycles. The molecule has 2 nitrogen and oxygen atoms in total. The molecule has 15 heavy (non-hydrogen) atoms. The van der Waals surface area contributed by atoms with Crippen molar-refractivity contribution in [2.45, 2.75) is 26.7 Å². The minimum Gasteiger partial charge on any atom is -0.359 e. The van der Waals surface area contributed by atoms with Crippen molar-refractivity contribution in [3.63, 3.8) is 0 Å². The van der Waals surface area contributed by atoms with E-state index in [4.69, 9.17) is 0 Å². The van der Waals surface area contributed by atoms with E-state index in [1.807, 2.05) is 19.1 Å². The molecule has 0 unspecified atom stereocenters. The molecule has 0 atom stereocenters. The quantitative estimate of drug-likeness (QED) is 0.796. The molecule has 0 bridgehead atoms. The lowest BCUT2D eigenvalue weighted by Gasteiger charge is -2.08. The highest BCUT2D eigenvalue weighted by Gasteiger charge is 2.18. The summed E-state index contributed by atoms with van der Waals surface area (Å²) < 4.78 is 0. The lowest BCUT2D eigenvalue weighted by molar-refractivity contribution is -0.114. The molecule has 0 aromatic heterocycles. The molecule has 1 aromatic rings. The van der Waals surface area contributed by atoms with Crippen LogP contribution in [0.5, 0.6) is 0 Å². The van der Waals surface area contributed by atoms with Gasteiger partial charge in [-0.3, -0.25) is 4.79 Å². The van der Waals surface area contributed by atoms with Crippen LogP contribution in [0, 0.1) is 6.92 Å². The fraction of sp³-hybridized carbons (Fsp3) is 0.308. The van der Waals surface area contributed by atoms with Gasteiger partial charge in [0.25, 0.3) is 0 Å². The highest BCUT2D eigenvalue weighted by Crippen LogP contribution is 2.24. The number of nitrogens with one attached hydrogen (secondary N) is 1. The minimum absolute atomic E-state index is 0.269. The first-order valence-corrected chi connectivity index (χ1v) is 5.23. The highest BCUT2D eigenvalue weighted by molar-refractivity contribution is 5.98. The van der Waals surface area contributed by atoms with E-state index in [2.05, 4.69) is 24.4 Å². The molecule has 0 aliphatic heterocycles. The van der Waals surface area contributed by atoms with Crippen molar-refractivity contribution in [1.82, 2.24) is 0 Å². The third kappa shape index (κ3) is 2.09. The zero-order valence-corrected chi connectivity index (χ0v) is 9.13. The van der Waals surface area contributed by atoms with Gasteiger partial charge in [-0.15, -0.1) is 0 Å². The summed E-state index contributed by atoms with van der Waals surface area (Å²) in [4.78, 5) is 11.3. The number of carbonyl (C=O) groups is 1. The van der Waals surface area contributed by atoms with Crippen LogP contribution in [0.2, 0.25) is 0 Å². The van der Waals surface area contributed by atoms with E-state index >= 15 is 0 Å². The molecular weight excluding hydrogens is 186 g/mol. The fourth-order valence-electron chi connectivity index (χ4n) is 1.84. The smallest absolute Gasteiger partial charge is 0.160 e. The zero-order chi connectivity index (χ0) is 10.8. The van der Waals surface area contributed by atoms with Crippen LogP contribution in [0.4, 0.5) is 5.69 Å². The van der Waals surface area contributed by atoms with E-state index < -0.39 is 0 Å². The maximum absolute atomic E-state index is 11.3. The molecule has 0 saturated carbocycles. The van der Waals surface area contributed by atoms with Crippen LogP contribution in [0.3, 0.4) is 0 Å². The third-order valence-electron chi connectivity index (χ3n) is 2.79. The molecule has 0 spiro atoms.